The first-order valence-electron chi connectivity index (χ1n) is 5.67. The Labute approximate surface area is 113 Å². The molecule has 0 aliphatic heterocycles. The molecule has 1 amide bonds. The van der Waals surface area contributed by atoms with Gasteiger partial charge in [-0.2, -0.15) is 5.10 Å². The maximum absolute atomic E-state index is 13.6. The minimum Gasteiger partial charge on any atom is -0.319 e. The number of H-pyrrole nitrogens is 1. The summed E-state index contributed by atoms with van der Waals surface area (Å²) in [5.41, 5.74) is 0.735. The Morgan fingerprint density at radius 2 is 2.15 bits per heavy atom. The van der Waals surface area contributed by atoms with E-state index in [0.29, 0.717) is 11.4 Å². The zero-order valence-electron chi connectivity index (χ0n) is 10.7. The molecule has 2 N–H and O–H groups in total. The average molecular weight is 278 g/mol. The number of benzene rings is 1. The Bertz CT molecular complexity index is 677. The maximum atomic E-state index is 13.6. The average Bonchev–Trinajstić information content (AvgIpc) is 2.71. The van der Waals surface area contributed by atoms with Crippen LogP contribution in [0.2, 0.25) is 0 Å². The molecule has 0 saturated heterocycles. The summed E-state index contributed by atoms with van der Waals surface area (Å²) in [6.07, 6.45) is 0. The predicted molar refractivity (Wildman–Crippen MR) is 69.1 cm³/mol. The fraction of sp³-hybridized carbons (Fsp3) is 0.167. The first-order valence-corrected chi connectivity index (χ1v) is 5.67. The lowest BCUT2D eigenvalue weighted by atomic mass is 10.2. The lowest BCUT2D eigenvalue weighted by Gasteiger charge is -2.06. The van der Waals surface area contributed by atoms with Crippen LogP contribution in [-0.2, 0) is 0 Å². The number of anilines is 1. The number of nitro groups is 1. The van der Waals surface area contributed by atoms with Crippen molar-refractivity contribution >= 4 is 17.3 Å². The molecule has 7 nitrogen and oxygen atoms in total. The molecule has 0 aliphatic carbocycles. The highest BCUT2D eigenvalue weighted by Crippen LogP contribution is 2.22. The van der Waals surface area contributed by atoms with Crippen LogP contribution in [0.5, 0.6) is 0 Å². The van der Waals surface area contributed by atoms with Crippen LogP contribution in [-0.4, -0.2) is 21.0 Å². The van der Waals surface area contributed by atoms with E-state index in [4.69, 9.17) is 0 Å². The molecular formula is C12H11FN4O3. The Hall–Kier alpha value is -2.77. The third kappa shape index (κ3) is 2.48. The van der Waals surface area contributed by atoms with Crippen molar-refractivity contribution in [3.63, 3.8) is 0 Å². The topological polar surface area (TPSA) is 101 Å². The van der Waals surface area contributed by atoms with Gasteiger partial charge in [-0.05, 0) is 19.9 Å². The largest absolute Gasteiger partial charge is 0.319 e. The number of hydrogen-bond acceptors (Lipinski definition) is 4. The van der Waals surface area contributed by atoms with Gasteiger partial charge in [-0.15, -0.1) is 0 Å². The van der Waals surface area contributed by atoms with E-state index < -0.39 is 16.6 Å². The molecule has 8 heteroatoms. The molecule has 0 unspecified atom stereocenters. The van der Waals surface area contributed by atoms with E-state index in [9.17, 15) is 19.3 Å². The second kappa shape index (κ2) is 5.08. The number of aromatic amines is 1. The van der Waals surface area contributed by atoms with Gasteiger partial charge in [0.05, 0.1) is 21.9 Å². The quantitative estimate of drug-likeness (QED) is 0.664. The summed E-state index contributed by atoms with van der Waals surface area (Å²) in [6.45, 7) is 3.28. The van der Waals surface area contributed by atoms with Crippen molar-refractivity contribution in [2.24, 2.45) is 0 Å². The summed E-state index contributed by atoms with van der Waals surface area (Å²) in [4.78, 5) is 22.0. The molecule has 1 heterocycles. The number of carbonyl (C=O) groups excluding carboxylic acids is 1. The molecule has 2 rings (SSSR count). The van der Waals surface area contributed by atoms with Gasteiger partial charge in [-0.3, -0.25) is 20.0 Å². The molecule has 104 valence electrons. The summed E-state index contributed by atoms with van der Waals surface area (Å²) in [5.74, 6) is -1.32. The summed E-state index contributed by atoms with van der Waals surface area (Å²) in [5, 5.41) is 19.4. The number of hydrogen-bond donors (Lipinski definition) is 2. The lowest BCUT2D eigenvalue weighted by molar-refractivity contribution is -0.384. The summed E-state index contributed by atoms with van der Waals surface area (Å²) < 4.78 is 13.6. The summed E-state index contributed by atoms with van der Waals surface area (Å²) in [6, 6.07) is 2.93. The number of halogens is 1. The zero-order valence-corrected chi connectivity index (χ0v) is 10.7. The van der Waals surface area contributed by atoms with Gasteiger partial charge in [-0.1, -0.05) is 0 Å². The molecule has 20 heavy (non-hydrogen) atoms. The van der Waals surface area contributed by atoms with Crippen molar-refractivity contribution in [2.45, 2.75) is 13.8 Å². The van der Waals surface area contributed by atoms with Crippen molar-refractivity contribution in [2.75, 3.05) is 5.32 Å². The molecule has 0 spiro atoms. The van der Waals surface area contributed by atoms with Gasteiger partial charge in [0, 0.05) is 17.8 Å². The van der Waals surface area contributed by atoms with E-state index in [-0.39, 0.29) is 16.9 Å². The van der Waals surface area contributed by atoms with Crippen molar-refractivity contribution in [3.05, 3.63) is 51.1 Å². The van der Waals surface area contributed by atoms with Gasteiger partial charge in [0.15, 0.2) is 0 Å². The monoisotopic (exact) mass is 278 g/mol. The van der Waals surface area contributed by atoms with E-state index in [2.05, 4.69) is 15.5 Å². The molecule has 0 fully saturated rings. The number of nitrogens with one attached hydrogen (secondary N) is 2. The van der Waals surface area contributed by atoms with Gasteiger partial charge in [0.2, 0.25) is 0 Å². The molecule has 1 aromatic carbocycles. The highest BCUT2D eigenvalue weighted by atomic mass is 19.1. The standard InChI is InChI=1S/C12H11FN4O3/c1-6-11(7(2)16-15-6)12(18)14-10-5-8(17(19)20)3-4-9(10)13/h3-5H,1-2H3,(H,14,18)(H,15,16). The minimum absolute atomic E-state index is 0.246. The predicted octanol–water partition coefficient (Wildman–Crippen LogP) is 2.33. The third-order valence-electron chi connectivity index (χ3n) is 2.76. The van der Waals surface area contributed by atoms with E-state index in [0.717, 1.165) is 18.2 Å². The Kier molecular flexibility index (Phi) is 3.47. The number of nitrogens with zero attached hydrogens (tertiary/aromatic N) is 2. The number of amides is 1. The van der Waals surface area contributed by atoms with E-state index in [1.54, 1.807) is 13.8 Å². The lowest BCUT2D eigenvalue weighted by Crippen LogP contribution is -2.14. The zero-order chi connectivity index (χ0) is 14.9. The second-order valence-corrected chi connectivity index (χ2v) is 4.18. The van der Waals surface area contributed by atoms with Gasteiger partial charge in [-0.25, -0.2) is 4.39 Å². The first-order chi connectivity index (χ1) is 9.40. The van der Waals surface area contributed by atoms with E-state index in [1.165, 1.54) is 0 Å². The Morgan fingerprint density at radius 1 is 1.45 bits per heavy atom. The van der Waals surface area contributed by atoms with E-state index in [1.807, 2.05) is 0 Å². The molecule has 0 radical (unpaired) electrons. The van der Waals surface area contributed by atoms with Crippen molar-refractivity contribution < 1.29 is 14.1 Å². The minimum atomic E-state index is -0.747. The number of aromatic nitrogens is 2. The van der Waals surface area contributed by atoms with Crippen molar-refractivity contribution in [3.8, 4) is 0 Å². The van der Waals surface area contributed by atoms with Gasteiger partial charge in [0.25, 0.3) is 11.6 Å². The van der Waals surface area contributed by atoms with Crippen LogP contribution in [0.3, 0.4) is 0 Å². The van der Waals surface area contributed by atoms with Crippen molar-refractivity contribution in [1.29, 1.82) is 0 Å². The van der Waals surface area contributed by atoms with Crippen LogP contribution in [0.4, 0.5) is 15.8 Å². The van der Waals surface area contributed by atoms with Gasteiger partial charge < -0.3 is 5.32 Å². The molecule has 0 aliphatic rings. The first kappa shape index (κ1) is 13.7. The number of nitro benzene ring substituents is 1. The molecule has 2 aromatic rings. The number of aryl methyl sites for hydroxylation is 2. The van der Waals surface area contributed by atoms with Gasteiger partial charge >= 0.3 is 0 Å². The smallest absolute Gasteiger partial charge is 0.271 e. The molecule has 0 atom stereocenters. The van der Waals surface area contributed by atoms with Crippen LogP contribution in [0.25, 0.3) is 0 Å². The third-order valence-corrected chi connectivity index (χ3v) is 2.76. The highest BCUT2D eigenvalue weighted by Gasteiger charge is 2.18. The fourth-order valence-corrected chi connectivity index (χ4v) is 1.79. The summed E-state index contributed by atoms with van der Waals surface area (Å²) >= 11 is 0. The number of rotatable bonds is 3. The van der Waals surface area contributed by atoms with E-state index >= 15 is 0 Å². The van der Waals surface area contributed by atoms with Crippen LogP contribution < -0.4 is 5.32 Å². The van der Waals surface area contributed by atoms with Crippen molar-refractivity contribution in [1.82, 2.24) is 10.2 Å². The van der Waals surface area contributed by atoms with Crippen LogP contribution in [0.1, 0.15) is 21.7 Å². The van der Waals surface area contributed by atoms with Crippen LogP contribution in [0, 0.1) is 29.8 Å². The Morgan fingerprint density at radius 3 is 2.70 bits per heavy atom. The Balaban J connectivity index is 2.33. The molecule has 1 aromatic heterocycles. The normalized spacial score (nSPS) is 10.3. The maximum Gasteiger partial charge on any atom is 0.271 e. The number of non-ortho nitro benzene ring substituents is 1. The SMILES string of the molecule is Cc1n[nH]c(C)c1C(=O)Nc1cc([N+](=O)[O-])ccc1F. The molecular weight excluding hydrogens is 267 g/mol. The molecule has 0 saturated carbocycles. The molecule has 0 bridgehead atoms. The van der Waals surface area contributed by atoms with Gasteiger partial charge in [0.1, 0.15) is 5.82 Å². The highest BCUT2D eigenvalue weighted by molar-refractivity contribution is 6.06. The number of carbonyl (C=O) groups is 1. The van der Waals surface area contributed by atoms with Crippen LogP contribution in [0.15, 0.2) is 18.2 Å². The van der Waals surface area contributed by atoms with Crippen LogP contribution >= 0.6 is 0 Å². The second-order valence-electron chi connectivity index (χ2n) is 4.18. The fourth-order valence-electron chi connectivity index (χ4n) is 1.79. The summed E-state index contributed by atoms with van der Waals surface area (Å²) in [7, 11) is 0.